The van der Waals surface area contributed by atoms with Crippen LogP contribution in [0.2, 0.25) is 0 Å². The molecule has 0 unspecified atom stereocenters. The summed E-state index contributed by atoms with van der Waals surface area (Å²) in [6.45, 7) is 0. The highest BCUT2D eigenvalue weighted by Gasteiger charge is 2.03. The molecule has 1 nitrogen and oxygen atoms in total. The Hall–Kier alpha value is -1.69. The van der Waals surface area contributed by atoms with E-state index in [4.69, 9.17) is 16.9 Å². The zero-order valence-electron chi connectivity index (χ0n) is 9.51. The lowest BCUT2D eigenvalue weighted by molar-refractivity contribution is 1.47. The maximum Gasteiger partial charge on any atom is 0.0991 e. The lowest BCUT2D eigenvalue weighted by Gasteiger charge is -2.06. The summed E-state index contributed by atoms with van der Waals surface area (Å²) in [7, 11) is 0. The van der Waals surface area contributed by atoms with Gasteiger partial charge in [-0.1, -0.05) is 53.7 Å². The van der Waals surface area contributed by atoms with Crippen LogP contribution in [0.3, 0.4) is 0 Å². The van der Waals surface area contributed by atoms with E-state index in [9.17, 15) is 0 Å². The average molecular weight is 272 g/mol. The maximum absolute atomic E-state index is 8.76. The summed E-state index contributed by atoms with van der Waals surface area (Å²) in [5, 5.41) is 8.76. The number of benzene rings is 2. The Labute approximate surface area is 116 Å². The summed E-state index contributed by atoms with van der Waals surface area (Å²) < 4.78 is 0. The first kappa shape index (κ1) is 12.8. The van der Waals surface area contributed by atoms with Crippen LogP contribution in [0.5, 0.6) is 0 Å². The molecular weight excluding hydrogens is 262 g/mol. The van der Waals surface area contributed by atoms with Crippen LogP contribution < -0.4 is 0 Å². The molecule has 0 aromatic heterocycles. The lowest BCUT2D eigenvalue weighted by Crippen LogP contribution is -1.81. The van der Waals surface area contributed by atoms with E-state index in [1.54, 1.807) is 29.4 Å². The van der Waals surface area contributed by atoms with Crippen molar-refractivity contribution in [3.63, 3.8) is 0 Å². The molecule has 0 bridgehead atoms. The van der Waals surface area contributed by atoms with Gasteiger partial charge in [-0.05, 0) is 29.8 Å². The molecule has 0 aliphatic carbocycles. The second-order valence-electron chi connectivity index (χ2n) is 3.58. The molecule has 0 saturated heterocycles. The Morgan fingerprint density at radius 1 is 1.06 bits per heavy atom. The summed E-state index contributed by atoms with van der Waals surface area (Å²) in [5.41, 5.74) is 3.23. The monoisotopic (exact) mass is 271 g/mol. The van der Waals surface area contributed by atoms with Crippen molar-refractivity contribution < 1.29 is 0 Å². The summed E-state index contributed by atoms with van der Waals surface area (Å²) in [4.78, 5) is 2.10. The molecule has 0 atom stereocenters. The molecule has 0 N–H and O–H groups in total. The van der Waals surface area contributed by atoms with Crippen molar-refractivity contribution in [1.29, 1.82) is 5.26 Å². The highest BCUT2D eigenvalue weighted by molar-refractivity contribution is 8.08. The van der Waals surface area contributed by atoms with Gasteiger partial charge in [0.15, 0.2) is 0 Å². The van der Waals surface area contributed by atoms with Crippen molar-refractivity contribution in [2.45, 2.75) is 4.90 Å². The molecule has 0 aliphatic rings. The molecule has 0 radical (unpaired) electrons. The molecule has 0 aliphatic heterocycles. The highest BCUT2D eigenvalue weighted by Crippen LogP contribution is 2.34. The average Bonchev–Trinajstić information content (AvgIpc) is 2.46. The van der Waals surface area contributed by atoms with Crippen LogP contribution in [0.4, 0.5) is 0 Å². The fourth-order valence-corrected chi connectivity index (χ4v) is 2.57. The van der Waals surface area contributed by atoms with E-state index in [1.165, 1.54) is 0 Å². The number of nitriles is 1. The van der Waals surface area contributed by atoms with Crippen molar-refractivity contribution in [2.24, 2.45) is 0 Å². The Bertz CT molecular complexity index is 582. The third kappa shape index (κ3) is 3.16. The zero-order chi connectivity index (χ0) is 12.8. The summed E-state index contributed by atoms with van der Waals surface area (Å²) in [6.07, 6.45) is 0. The predicted octanol–water partition coefficient (Wildman–Crippen LogP) is 4.89. The van der Waals surface area contributed by atoms with Gasteiger partial charge in [0.2, 0.25) is 0 Å². The second-order valence-corrected chi connectivity index (χ2v) is 4.91. The minimum Gasteiger partial charge on any atom is -0.192 e. The third-order valence-corrected chi connectivity index (χ3v) is 3.80. The van der Waals surface area contributed by atoms with Crippen molar-refractivity contribution in [1.82, 2.24) is 0 Å². The molecule has 0 fully saturated rings. The number of rotatable bonds is 3. The standard InChI is InChI=1S/C15H10ClNS/c16-10-15(18-14-4-2-1-3-5-14)13-8-6-12(11-17)7-9-13/h1-10H/b15-10+. The molecule has 3 heteroatoms. The number of hydrogen-bond donors (Lipinski definition) is 0. The molecular formula is C15H10ClNS. The van der Waals surface area contributed by atoms with Crippen molar-refractivity contribution in [3.05, 3.63) is 71.3 Å². The summed E-state index contributed by atoms with van der Waals surface area (Å²) in [5.74, 6) is 0. The van der Waals surface area contributed by atoms with Crippen LogP contribution in [-0.2, 0) is 0 Å². The number of thioether (sulfide) groups is 1. The summed E-state index contributed by atoms with van der Waals surface area (Å²) in [6, 6.07) is 19.5. The van der Waals surface area contributed by atoms with Gasteiger partial charge < -0.3 is 0 Å². The number of nitrogens with zero attached hydrogens (tertiary/aromatic N) is 1. The molecule has 0 saturated carbocycles. The van der Waals surface area contributed by atoms with E-state index in [2.05, 4.69) is 6.07 Å². The first-order chi connectivity index (χ1) is 8.83. The number of hydrogen-bond acceptors (Lipinski definition) is 2. The molecule has 2 rings (SSSR count). The lowest BCUT2D eigenvalue weighted by atomic mass is 10.1. The van der Waals surface area contributed by atoms with Crippen molar-refractivity contribution in [3.8, 4) is 6.07 Å². The van der Waals surface area contributed by atoms with E-state index in [0.717, 1.165) is 15.4 Å². The second kappa shape index (κ2) is 6.30. The molecule has 0 amide bonds. The summed E-state index contributed by atoms with van der Waals surface area (Å²) >= 11 is 7.48. The van der Waals surface area contributed by atoms with Gasteiger partial charge in [-0.15, -0.1) is 0 Å². The zero-order valence-corrected chi connectivity index (χ0v) is 11.1. The van der Waals surface area contributed by atoms with Crippen LogP contribution in [0.25, 0.3) is 4.91 Å². The first-order valence-corrected chi connectivity index (χ1v) is 6.62. The van der Waals surface area contributed by atoms with Gasteiger partial charge in [-0.2, -0.15) is 5.26 Å². The topological polar surface area (TPSA) is 23.8 Å². The fraction of sp³-hybridized carbons (Fsp3) is 0. The van der Waals surface area contributed by atoms with Gasteiger partial charge in [0.1, 0.15) is 0 Å². The molecule has 88 valence electrons. The Balaban J connectivity index is 2.22. The first-order valence-electron chi connectivity index (χ1n) is 5.37. The van der Waals surface area contributed by atoms with Crippen LogP contribution in [-0.4, -0.2) is 0 Å². The van der Waals surface area contributed by atoms with Crippen LogP contribution in [0.15, 0.2) is 65.0 Å². The molecule has 18 heavy (non-hydrogen) atoms. The van der Waals surface area contributed by atoms with E-state index in [0.29, 0.717) is 5.56 Å². The Morgan fingerprint density at radius 3 is 2.28 bits per heavy atom. The number of halogens is 1. The van der Waals surface area contributed by atoms with Gasteiger partial charge in [0.25, 0.3) is 0 Å². The normalized spacial score (nSPS) is 11.0. The van der Waals surface area contributed by atoms with Crippen molar-refractivity contribution in [2.75, 3.05) is 0 Å². The van der Waals surface area contributed by atoms with Crippen LogP contribution in [0.1, 0.15) is 11.1 Å². The van der Waals surface area contributed by atoms with Crippen LogP contribution >= 0.6 is 23.4 Å². The van der Waals surface area contributed by atoms with Gasteiger partial charge in [-0.3, -0.25) is 0 Å². The molecule has 0 spiro atoms. The fourth-order valence-electron chi connectivity index (χ4n) is 1.47. The minimum atomic E-state index is 0.650. The van der Waals surface area contributed by atoms with Gasteiger partial charge in [0.05, 0.1) is 11.6 Å². The Kier molecular flexibility index (Phi) is 4.46. The SMILES string of the molecule is N#Cc1ccc(/C(=C\Cl)Sc2ccccc2)cc1. The highest BCUT2D eigenvalue weighted by atomic mass is 35.5. The van der Waals surface area contributed by atoms with E-state index >= 15 is 0 Å². The van der Waals surface area contributed by atoms with Gasteiger partial charge in [0, 0.05) is 15.3 Å². The maximum atomic E-state index is 8.76. The Morgan fingerprint density at radius 2 is 1.72 bits per heavy atom. The quantitative estimate of drug-likeness (QED) is 0.742. The van der Waals surface area contributed by atoms with Gasteiger partial charge in [-0.25, -0.2) is 0 Å². The molecule has 2 aromatic rings. The third-order valence-electron chi connectivity index (χ3n) is 2.37. The smallest absolute Gasteiger partial charge is 0.0991 e. The van der Waals surface area contributed by atoms with E-state index < -0.39 is 0 Å². The van der Waals surface area contributed by atoms with E-state index in [1.807, 2.05) is 42.5 Å². The largest absolute Gasteiger partial charge is 0.192 e. The van der Waals surface area contributed by atoms with Gasteiger partial charge >= 0.3 is 0 Å². The van der Waals surface area contributed by atoms with Crippen molar-refractivity contribution >= 4 is 28.3 Å². The minimum absolute atomic E-state index is 0.650. The molecule has 0 heterocycles. The van der Waals surface area contributed by atoms with E-state index in [-0.39, 0.29) is 0 Å². The molecule has 2 aromatic carbocycles. The predicted molar refractivity (Wildman–Crippen MR) is 77.3 cm³/mol. The van der Waals surface area contributed by atoms with Crippen LogP contribution in [0, 0.1) is 11.3 Å².